The lowest BCUT2D eigenvalue weighted by Crippen LogP contribution is -2.50. The summed E-state index contributed by atoms with van der Waals surface area (Å²) < 4.78 is 40.1. The maximum Gasteiger partial charge on any atom is 0.387 e. The molecule has 0 atom stereocenters. The highest BCUT2D eigenvalue weighted by Crippen LogP contribution is 2.38. The number of nitrogens with zero attached hydrogens (tertiary/aromatic N) is 7. The van der Waals surface area contributed by atoms with Crippen molar-refractivity contribution in [3.05, 3.63) is 54.6 Å². The minimum absolute atomic E-state index is 0.0855. The topological polar surface area (TPSA) is 119 Å². The molecule has 4 aromatic rings. The Bertz CT molecular complexity index is 1650. The number of benzene rings is 1. The first-order chi connectivity index (χ1) is 21.9. The van der Waals surface area contributed by atoms with Crippen LogP contribution in [0.25, 0.3) is 16.9 Å². The van der Waals surface area contributed by atoms with Gasteiger partial charge in [-0.2, -0.15) is 19.0 Å². The van der Waals surface area contributed by atoms with Gasteiger partial charge in [0.2, 0.25) is 5.91 Å². The van der Waals surface area contributed by atoms with Crippen LogP contribution in [0.2, 0.25) is 0 Å². The molecule has 0 unspecified atom stereocenters. The van der Waals surface area contributed by atoms with Crippen LogP contribution in [0.4, 0.5) is 14.5 Å². The maximum absolute atomic E-state index is 13.5. The fraction of sp³-hybridized carbons (Fsp3) is 0.433. The number of nitrogens with one attached hydrogen (secondary N) is 1. The second kappa shape index (κ2) is 13.9. The number of alkyl halides is 2. The number of thioether (sulfide) groups is 1. The van der Waals surface area contributed by atoms with E-state index in [1.165, 1.54) is 39.4 Å². The van der Waals surface area contributed by atoms with Gasteiger partial charge in [0, 0.05) is 61.3 Å². The van der Waals surface area contributed by atoms with Crippen molar-refractivity contribution >= 4 is 34.9 Å². The number of carbonyl (C=O) groups is 2. The van der Waals surface area contributed by atoms with Crippen LogP contribution >= 0.6 is 11.8 Å². The van der Waals surface area contributed by atoms with Gasteiger partial charge in [0.05, 0.1) is 25.1 Å². The molecule has 2 amide bonds. The Labute approximate surface area is 262 Å². The van der Waals surface area contributed by atoms with E-state index in [2.05, 4.69) is 25.4 Å². The van der Waals surface area contributed by atoms with Crippen LogP contribution in [-0.2, 0) is 16.1 Å². The summed E-state index contributed by atoms with van der Waals surface area (Å²) in [5, 5.41) is 11.7. The average molecular weight is 641 g/mol. The smallest absolute Gasteiger partial charge is 0.387 e. The summed E-state index contributed by atoms with van der Waals surface area (Å²) in [5.74, 6) is 0.0238. The molecule has 0 radical (unpaired) electrons. The molecule has 2 aliphatic heterocycles. The zero-order chi connectivity index (χ0) is 31.3. The standard InChI is InChI=1S/C30H34F2N8O4S/c1-2-45-21-4-5-25(44-30(31)32)22(16-21)27-24(35-29(42)23-17-34-40-9-3-8-33-28(23)40)18-39(36-27)19-26(41)38-10-6-20(7-11-38)37-12-14-43-15-13-37/h3-5,8-9,16-18,20,30H,2,6-7,10-15,19H2,1H3,(H,35,42). The normalized spacial score (nSPS) is 16.4. The Kier molecular flexibility index (Phi) is 9.56. The number of likely N-dealkylation sites (tertiary alicyclic amines) is 1. The van der Waals surface area contributed by atoms with Gasteiger partial charge in [-0.15, -0.1) is 11.8 Å². The van der Waals surface area contributed by atoms with Crippen LogP contribution in [-0.4, -0.2) is 104 Å². The number of hydrogen-bond acceptors (Lipinski definition) is 9. The van der Waals surface area contributed by atoms with Crippen molar-refractivity contribution in [1.82, 2.24) is 34.2 Å². The summed E-state index contributed by atoms with van der Waals surface area (Å²) in [5.41, 5.74) is 1.25. The lowest BCUT2D eigenvalue weighted by molar-refractivity contribution is -0.133. The number of piperidine rings is 1. The summed E-state index contributed by atoms with van der Waals surface area (Å²) in [4.78, 5) is 36.2. The van der Waals surface area contributed by atoms with E-state index in [0.29, 0.717) is 24.8 Å². The lowest BCUT2D eigenvalue weighted by atomic mass is 10.0. The van der Waals surface area contributed by atoms with E-state index in [1.807, 2.05) is 11.8 Å². The number of rotatable bonds is 10. The Morgan fingerprint density at radius 2 is 1.98 bits per heavy atom. The third-order valence-corrected chi connectivity index (χ3v) is 8.82. The summed E-state index contributed by atoms with van der Waals surface area (Å²) in [6.07, 6.45) is 7.91. The quantitative estimate of drug-likeness (QED) is 0.258. The first-order valence-corrected chi connectivity index (χ1v) is 15.9. The molecule has 1 aromatic carbocycles. The van der Waals surface area contributed by atoms with E-state index in [1.54, 1.807) is 30.6 Å². The van der Waals surface area contributed by atoms with Crippen molar-refractivity contribution in [2.75, 3.05) is 50.5 Å². The van der Waals surface area contributed by atoms with Crippen LogP contribution < -0.4 is 10.1 Å². The van der Waals surface area contributed by atoms with Gasteiger partial charge in [0.25, 0.3) is 5.91 Å². The predicted molar refractivity (Wildman–Crippen MR) is 164 cm³/mol. The van der Waals surface area contributed by atoms with Crippen LogP contribution in [0, 0.1) is 0 Å². The van der Waals surface area contributed by atoms with Crippen molar-refractivity contribution in [3.8, 4) is 17.0 Å². The summed E-state index contributed by atoms with van der Waals surface area (Å²) in [7, 11) is 0. The van der Waals surface area contributed by atoms with Crippen molar-refractivity contribution in [2.24, 2.45) is 0 Å². The number of amides is 2. The molecule has 2 fully saturated rings. The predicted octanol–water partition coefficient (Wildman–Crippen LogP) is 3.88. The molecule has 2 aliphatic rings. The molecule has 0 saturated carbocycles. The van der Waals surface area contributed by atoms with Gasteiger partial charge >= 0.3 is 6.61 Å². The number of fused-ring (bicyclic) bond motifs is 1. The molecule has 3 aromatic heterocycles. The molecular weight excluding hydrogens is 606 g/mol. The molecule has 12 nitrogen and oxygen atoms in total. The minimum Gasteiger partial charge on any atom is -0.434 e. The van der Waals surface area contributed by atoms with Crippen LogP contribution in [0.3, 0.4) is 0 Å². The van der Waals surface area contributed by atoms with Gasteiger partial charge in [-0.3, -0.25) is 19.2 Å². The van der Waals surface area contributed by atoms with Crippen molar-refractivity contribution in [2.45, 2.75) is 43.9 Å². The van der Waals surface area contributed by atoms with Crippen molar-refractivity contribution in [3.63, 3.8) is 0 Å². The number of ether oxygens (including phenoxy) is 2. The highest BCUT2D eigenvalue weighted by Gasteiger charge is 2.29. The molecule has 238 valence electrons. The van der Waals surface area contributed by atoms with Crippen molar-refractivity contribution < 1.29 is 27.8 Å². The Balaban J connectivity index is 1.27. The molecule has 45 heavy (non-hydrogen) atoms. The monoisotopic (exact) mass is 640 g/mol. The van der Waals surface area contributed by atoms with E-state index in [-0.39, 0.29) is 40.7 Å². The second-order valence-corrected chi connectivity index (χ2v) is 12.1. The molecule has 0 spiro atoms. The lowest BCUT2D eigenvalue weighted by Gasteiger charge is -2.40. The molecule has 0 bridgehead atoms. The van der Waals surface area contributed by atoms with Crippen molar-refractivity contribution in [1.29, 1.82) is 0 Å². The Morgan fingerprint density at radius 1 is 1.18 bits per heavy atom. The van der Waals surface area contributed by atoms with Gasteiger partial charge in [-0.05, 0) is 42.9 Å². The van der Waals surface area contributed by atoms with Crippen LogP contribution in [0.15, 0.2) is 53.9 Å². The molecule has 6 rings (SSSR count). The molecule has 15 heteroatoms. The number of hydrogen-bond donors (Lipinski definition) is 1. The number of anilines is 1. The fourth-order valence-corrected chi connectivity index (χ4v) is 6.48. The van der Waals surface area contributed by atoms with E-state index < -0.39 is 12.5 Å². The second-order valence-electron chi connectivity index (χ2n) is 10.7. The van der Waals surface area contributed by atoms with E-state index in [0.717, 1.165) is 49.8 Å². The van der Waals surface area contributed by atoms with E-state index >= 15 is 0 Å². The molecule has 0 aliphatic carbocycles. The van der Waals surface area contributed by atoms with E-state index in [4.69, 9.17) is 9.47 Å². The SMILES string of the molecule is CCSc1ccc(OC(F)F)c(-c2nn(CC(=O)N3CCC(N4CCOCC4)CC3)cc2NC(=O)c2cnn3cccnc23)c1. The third kappa shape index (κ3) is 7.10. The first-order valence-electron chi connectivity index (χ1n) is 14.9. The number of halogens is 2. The van der Waals surface area contributed by atoms with Gasteiger partial charge in [-0.25, -0.2) is 9.50 Å². The van der Waals surface area contributed by atoms with Gasteiger partial charge < -0.3 is 19.7 Å². The Morgan fingerprint density at radius 3 is 2.73 bits per heavy atom. The maximum atomic E-state index is 13.5. The molecule has 2 saturated heterocycles. The zero-order valence-electron chi connectivity index (χ0n) is 24.8. The number of morpholine rings is 1. The highest BCUT2D eigenvalue weighted by molar-refractivity contribution is 7.99. The minimum atomic E-state index is -3.07. The summed E-state index contributed by atoms with van der Waals surface area (Å²) in [6, 6.07) is 6.97. The Hall–Kier alpha value is -4.08. The largest absolute Gasteiger partial charge is 0.434 e. The summed E-state index contributed by atoms with van der Waals surface area (Å²) in [6.45, 7) is 3.36. The van der Waals surface area contributed by atoms with Gasteiger partial charge in [-0.1, -0.05) is 6.92 Å². The van der Waals surface area contributed by atoms with E-state index in [9.17, 15) is 18.4 Å². The van der Waals surface area contributed by atoms with Gasteiger partial charge in [0.15, 0.2) is 5.65 Å². The van der Waals surface area contributed by atoms with Crippen LogP contribution in [0.1, 0.15) is 30.1 Å². The third-order valence-electron chi connectivity index (χ3n) is 7.94. The van der Waals surface area contributed by atoms with Crippen LogP contribution in [0.5, 0.6) is 5.75 Å². The molecule has 5 heterocycles. The number of aromatic nitrogens is 5. The number of carbonyl (C=O) groups excluding carboxylic acids is 2. The molecular formula is C30H34F2N8O4S. The zero-order valence-corrected chi connectivity index (χ0v) is 25.6. The highest BCUT2D eigenvalue weighted by atomic mass is 32.2. The fourth-order valence-electron chi connectivity index (χ4n) is 5.78. The average Bonchev–Trinajstić information content (AvgIpc) is 3.66. The first kappa shape index (κ1) is 30.9. The van der Waals surface area contributed by atoms with Gasteiger partial charge in [0.1, 0.15) is 23.6 Å². The summed E-state index contributed by atoms with van der Waals surface area (Å²) >= 11 is 1.52. The molecule has 1 N–H and O–H groups in total.